The second kappa shape index (κ2) is 5.61. The van der Waals surface area contributed by atoms with Crippen molar-refractivity contribution in [2.45, 2.75) is 12.8 Å². The Labute approximate surface area is 94.4 Å². The number of amides is 1. The maximum Gasteiger partial charge on any atom is 0.220 e. The van der Waals surface area contributed by atoms with Gasteiger partial charge in [-0.1, -0.05) is 17.7 Å². The van der Waals surface area contributed by atoms with Gasteiger partial charge in [-0.25, -0.2) is 0 Å². The summed E-state index contributed by atoms with van der Waals surface area (Å²) >= 11 is 5.95. The zero-order valence-electron chi connectivity index (χ0n) is 8.84. The van der Waals surface area contributed by atoms with Crippen molar-refractivity contribution in [3.8, 4) is 5.75 Å². The first kappa shape index (κ1) is 11.9. The van der Waals surface area contributed by atoms with Crippen molar-refractivity contribution in [1.29, 1.82) is 0 Å². The summed E-state index contributed by atoms with van der Waals surface area (Å²) < 4.78 is 5.04. The topological polar surface area (TPSA) is 38.3 Å². The van der Waals surface area contributed by atoms with E-state index >= 15 is 0 Å². The molecule has 0 bridgehead atoms. The highest BCUT2D eigenvalue weighted by atomic mass is 35.5. The highest BCUT2D eigenvalue weighted by molar-refractivity contribution is 6.32. The third-order valence-corrected chi connectivity index (χ3v) is 2.43. The Morgan fingerprint density at radius 1 is 1.53 bits per heavy atom. The van der Waals surface area contributed by atoms with Crippen LogP contribution in [-0.2, 0) is 11.2 Å². The largest absolute Gasteiger partial charge is 0.495 e. The van der Waals surface area contributed by atoms with Gasteiger partial charge in [0.25, 0.3) is 0 Å². The van der Waals surface area contributed by atoms with Crippen molar-refractivity contribution in [2.75, 3.05) is 14.2 Å². The quantitative estimate of drug-likeness (QED) is 0.855. The fraction of sp³-hybridized carbons (Fsp3) is 0.364. The van der Waals surface area contributed by atoms with Crippen LogP contribution in [0.4, 0.5) is 0 Å². The lowest BCUT2D eigenvalue weighted by Gasteiger charge is -2.05. The molecule has 1 rings (SSSR count). The number of hydrogen-bond donors (Lipinski definition) is 1. The standard InChI is InChI=1S/C11H14ClNO2/c1-13-11(14)6-4-8-3-5-10(15-2)9(12)7-8/h3,5,7H,4,6H2,1-2H3,(H,13,14). The molecule has 1 aromatic carbocycles. The summed E-state index contributed by atoms with van der Waals surface area (Å²) in [7, 11) is 3.20. The summed E-state index contributed by atoms with van der Waals surface area (Å²) in [5, 5.41) is 3.15. The molecule has 0 saturated heterocycles. The van der Waals surface area contributed by atoms with Crippen molar-refractivity contribution < 1.29 is 9.53 Å². The van der Waals surface area contributed by atoms with Crippen LogP contribution in [0.25, 0.3) is 0 Å². The predicted molar refractivity (Wildman–Crippen MR) is 60.4 cm³/mol. The minimum atomic E-state index is 0.0296. The van der Waals surface area contributed by atoms with E-state index in [1.54, 1.807) is 14.2 Å². The predicted octanol–water partition coefficient (Wildman–Crippen LogP) is 2.03. The number of methoxy groups -OCH3 is 1. The molecule has 1 N–H and O–H groups in total. The van der Waals surface area contributed by atoms with E-state index in [1.165, 1.54) is 0 Å². The lowest BCUT2D eigenvalue weighted by Crippen LogP contribution is -2.17. The van der Waals surface area contributed by atoms with E-state index in [4.69, 9.17) is 16.3 Å². The van der Waals surface area contributed by atoms with Crippen LogP contribution in [0.2, 0.25) is 5.02 Å². The van der Waals surface area contributed by atoms with Crippen LogP contribution in [0.3, 0.4) is 0 Å². The van der Waals surface area contributed by atoms with Crippen LogP contribution in [0, 0.1) is 0 Å². The van der Waals surface area contributed by atoms with E-state index in [2.05, 4.69) is 5.32 Å². The third-order valence-electron chi connectivity index (χ3n) is 2.14. The number of rotatable bonds is 4. The summed E-state index contributed by atoms with van der Waals surface area (Å²) in [6.45, 7) is 0. The summed E-state index contributed by atoms with van der Waals surface area (Å²) in [5.74, 6) is 0.683. The first-order valence-corrected chi connectivity index (χ1v) is 5.08. The van der Waals surface area contributed by atoms with Crippen LogP contribution in [0.15, 0.2) is 18.2 Å². The zero-order chi connectivity index (χ0) is 11.3. The van der Waals surface area contributed by atoms with E-state index in [-0.39, 0.29) is 5.91 Å². The van der Waals surface area contributed by atoms with Gasteiger partial charge in [-0.3, -0.25) is 4.79 Å². The Balaban J connectivity index is 2.63. The normalized spacial score (nSPS) is 9.80. The lowest BCUT2D eigenvalue weighted by atomic mass is 10.1. The summed E-state index contributed by atoms with van der Waals surface area (Å²) in [4.78, 5) is 11.0. The Hall–Kier alpha value is -1.22. The van der Waals surface area contributed by atoms with Crippen molar-refractivity contribution in [2.24, 2.45) is 0 Å². The van der Waals surface area contributed by atoms with Crippen LogP contribution in [0.5, 0.6) is 5.75 Å². The molecule has 0 saturated carbocycles. The summed E-state index contributed by atoms with van der Waals surface area (Å²) in [6, 6.07) is 5.54. The molecular weight excluding hydrogens is 214 g/mol. The smallest absolute Gasteiger partial charge is 0.220 e. The van der Waals surface area contributed by atoms with Gasteiger partial charge >= 0.3 is 0 Å². The first-order valence-electron chi connectivity index (χ1n) is 4.70. The van der Waals surface area contributed by atoms with Crippen LogP contribution in [-0.4, -0.2) is 20.1 Å². The number of ether oxygens (including phenoxy) is 1. The van der Waals surface area contributed by atoms with E-state index in [0.717, 1.165) is 5.56 Å². The monoisotopic (exact) mass is 227 g/mol. The molecule has 0 atom stereocenters. The minimum Gasteiger partial charge on any atom is -0.495 e. The van der Waals surface area contributed by atoms with E-state index in [0.29, 0.717) is 23.6 Å². The molecule has 0 radical (unpaired) electrons. The second-order valence-corrected chi connectivity index (χ2v) is 3.55. The molecule has 3 nitrogen and oxygen atoms in total. The average molecular weight is 228 g/mol. The molecule has 0 aliphatic rings. The zero-order valence-corrected chi connectivity index (χ0v) is 9.60. The van der Waals surface area contributed by atoms with Gasteiger partial charge in [0.15, 0.2) is 0 Å². The molecule has 1 amide bonds. The Bertz CT molecular complexity index is 352. The Morgan fingerprint density at radius 3 is 2.80 bits per heavy atom. The first-order chi connectivity index (χ1) is 7.17. The third kappa shape index (κ3) is 3.44. The number of carbonyl (C=O) groups excluding carboxylic acids is 1. The highest BCUT2D eigenvalue weighted by Gasteiger charge is 2.03. The summed E-state index contributed by atoms with van der Waals surface area (Å²) in [5.41, 5.74) is 1.03. The Morgan fingerprint density at radius 2 is 2.27 bits per heavy atom. The van der Waals surface area contributed by atoms with Gasteiger partial charge < -0.3 is 10.1 Å². The molecule has 0 aromatic heterocycles. The molecular formula is C11H14ClNO2. The van der Waals surface area contributed by atoms with Crippen molar-refractivity contribution in [3.05, 3.63) is 28.8 Å². The fourth-order valence-electron chi connectivity index (χ4n) is 1.25. The van der Waals surface area contributed by atoms with Crippen LogP contribution in [0.1, 0.15) is 12.0 Å². The molecule has 0 fully saturated rings. The van der Waals surface area contributed by atoms with Crippen molar-refractivity contribution in [1.82, 2.24) is 5.32 Å². The van der Waals surface area contributed by atoms with Gasteiger partial charge in [0.2, 0.25) is 5.91 Å². The molecule has 4 heteroatoms. The van der Waals surface area contributed by atoms with Gasteiger partial charge in [-0.2, -0.15) is 0 Å². The molecule has 0 aliphatic carbocycles. The number of halogens is 1. The number of nitrogens with one attached hydrogen (secondary N) is 1. The SMILES string of the molecule is CNC(=O)CCc1ccc(OC)c(Cl)c1. The Kier molecular flexibility index (Phi) is 4.43. The highest BCUT2D eigenvalue weighted by Crippen LogP contribution is 2.25. The summed E-state index contributed by atoms with van der Waals surface area (Å²) in [6.07, 6.45) is 1.16. The van der Waals surface area contributed by atoms with Crippen molar-refractivity contribution in [3.63, 3.8) is 0 Å². The maximum absolute atomic E-state index is 11.0. The molecule has 0 unspecified atom stereocenters. The lowest BCUT2D eigenvalue weighted by molar-refractivity contribution is -0.120. The fourth-order valence-corrected chi connectivity index (χ4v) is 1.53. The molecule has 0 aliphatic heterocycles. The number of aryl methyl sites for hydroxylation is 1. The molecule has 0 heterocycles. The molecule has 1 aromatic rings. The van der Waals surface area contributed by atoms with E-state index < -0.39 is 0 Å². The number of carbonyl (C=O) groups is 1. The minimum absolute atomic E-state index is 0.0296. The van der Waals surface area contributed by atoms with Gasteiger partial charge in [-0.05, 0) is 24.1 Å². The van der Waals surface area contributed by atoms with Crippen LogP contribution < -0.4 is 10.1 Å². The number of hydrogen-bond acceptors (Lipinski definition) is 2. The number of benzene rings is 1. The molecule has 0 spiro atoms. The molecule has 15 heavy (non-hydrogen) atoms. The van der Waals surface area contributed by atoms with Gasteiger partial charge in [0.1, 0.15) is 5.75 Å². The van der Waals surface area contributed by atoms with Gasteiger partial charge in [0, 0.05) is 13.5 Å². The molecule has 82 valence electrons. The van der Waals surface area contributed by atoms with Gasteiger partial charge in [0.05, 0.1) is 12.1 Å². The average Bonchev–Trinajstić information content (AvgIpc) is 2.26. The van der Waals surface area contributed by atoms with Crippen LogP contribution >= 0.6 is 11.6 Å². The van der Waals surface area contributed by atoms with E-state index in [1.807, 2.05) is 18.2 Å². The van der Waals surface area contributed by atoms with Gasteiger partial charge in [-0.15, -0.1) is 0 Å². The maximum atomic E-state index is 11.0. The van der Waals surface area contributed by atoms with E-state index in [9.17, 15) is 4.79 Å². The second-order valence-electron chi connectivity index (χ2n) is 3.14. The van der Waals surface area contributed by atoms with Crippen molar-refractivity contribution >= 4 is 17.5 Å².